The van der Waals surface area contributed by atoms with E-state index in [-0.39, 0.29) is 0 Å². The van der Waals surface area contributed by atoms with Crippen LogP contribution < -0.4 is 10.5 Å². The van der Waals surface area contributed by atoms with E-state index in [1.54, 1.807) is 0 Å². The third-order valence-electron chi connectivity index (χ3n) is 3.49. The minimum Gasteiger partial charge on any atom is -0.430 e. The van der Waals surface area contributed by atoms with Gasteiger partial charge in [-0.05, 0) is 54.8 Å². The van der Waals surface area contributed by atoms with Gasteiger partial charge in [0.1, 0.15) is 5.75 Å². The number of benzene rings is 2. The van der Waals surface area contributed by atoms with Crippen LogP contribution in [0.4, 0.5) is 5.69 Å². The molecule has 0 aliphatic carbocycles. The molecule has 0 aliphatic rings. The first-order valence-electron chi connectivity index (χ1n) is 7.13. The Bertz CT molecular complexity index is 830. The van der Waals surface area contributed by atoms with Gasteiger partial charge in [0.2, 0.25) is 0 Å². The summed E-state index contributed by atoms with van der Waals surface area (Å²) in [7, 11) is 0. The smallest absolute Gasteiger partial charge is 0.298 e. The minimum atomic E-state index is 0.529. The first kappa shape index (κ1) is 15.8. The molecule has 118 valence electrons. The molecule has 1 heterocycles. The average molecular weight is 346 g/mol. The average Bonchev–Trinajstić information content (AvgIpc) is 2.94. The van der Waals surface area contributed by atoms with Gasteiger partial charge in [-0.15, -0.1) is 0 Å². The van der Waals surface area contributed by atoms with E-state index in [1.165, 1.54) is 11.5 Å². The van der Waals surface area contributed by atoms with Crippen molar-refractivity contribution in [1.29, 1.82) is 0 Å². The number of aryl methyl sites for hydroxylation is 2. The molecule has 3 rings (SSSR count). The van der Waals surface area contributed by atoms with Crippen LogP contribution in [-0.2, 0) is 6.42 Å². The van der Waals surface area contributed by atoms with E-state index in [9.17, 15) is 0 Å². The molecule has 0 unspecified atom stereocenters. The molecule has 0 radical (unpaired) electrons. The molecular weight excluding hydrogens is 330 g/mol. The fourth-order valence-corrected chi connectivity index (χ4v) is 2.84. The number of ether oxygens (including phenoxy) is 1. The fraction of sp³-hybridized carbons (Fsp3) is 0.176. The summed E-state index contributed by atoms with van der Waals surface area (Å²) in [5, 5.41) is 1.25. The molecule has 6 heteroatoms. The van der Waals surface area contributed by atoms with Crippen LogP contribution in [0.25, 0.3) is 0 Å². The van der Waals surface area contributed by atoms with E-state index in [4.69, 9.17) is 22.1 Å². The summed E-state index contributed by atoms with van der Waals surface area (Å²) in [6.45, 7) is 3.91. The third kappa shape index (κ3) is 3.81. The number of aromatic nitrogens is 2. The van der Waals surface area contributed by atoms with E-state index in [0.29, 0.717) is 11.6 Å². The van der Waals surface area contributed by atoms with Crippen LogP contribution in [0.5, 0.6) is 10.9 Å². The fourth-order valence-electron chi connectivity index (χ4n) is 2.15. The van der Waals surface area contributed by atoms with Crippen LogP contribution in [0.15, 0.2) is 36.4 Å². The SMILES string of the molecule is Cc1cc(Oc2nc(Cc3ccc(Cl)cc3)ns2)c(C)cc1N. The largest absolute Gasteiger partial charge is 0.430 e. The Labute approximate surface area is 144 Å². The molecule has 0 saturated heterocycles. The van der Waals surface area contributed by atoms with Crippen molar-refractivity contribution >= 4 is 28.8 Å². The van der Waals surface area contributed by atoms with E-state index in [2.05, 4.69) is 9.36 Å². The number of hydrogen-bond acceptors (Lipinski definition) is 5. The summed E-state index contributed by atoms with van der Waals surface area (Å²) in [6.07, 6.45) is 0.650. The zero-order chi connectivity index (χ0) is 16.4. The van der Waals surface area contributed by atoms with Crippen molar-refractivity contribution in [2.45, 2.75) is 20.3 Å². The number of halogens is 1. The summed E-state index contributed by atoms with van der Waals surface area (Å²) in [4.78, 5) is 4.44. The number of nitrogens with two attached hydrogens (primary N) is 1. The van der Waals surface area contributed by atoms with Crippen molar-refractivity contribution in [3.05, 3.63) is 63.9 Å². The molecule has 2 N–H and O–H groups in total. The summed E-state index contributed by atoms with van der Waals surface area (Å²) >= 11 is 7.13. The van der Waals surface area contributed by atoms with E-state index in [1.807, 2.05) is 50.2 Å². The molecule has 0 aliphatic heterocycles. The van der Waals surface area contributed by atoms with Crippen molar-refractivity contribution in [3.63, 3.8) is 0 Å². The highest BCUT2D eigenvalue weighted by atomic mass is 35.5. The highest BCUT2D eigenvalue weighted by Crippen LogP contribution is 2.30. The second kappa shape index (κ2) is 6.56. The van der Waals surface area contributed by atoms with E-state index >= 15 is 0 Å². The van der Waals surface area contributed by atoms with Crippen LogP contribution >= 0.6 is 23.1 Å². The molecule has 1 aromatic heterocycles. The van der Waals surface area contributed by atoms with Gasteiger partial charge in [-0.3, -0.25) is 0 Å². The lowest BCUT2D eigenvalue weighted by molar-refractivity contribution is 0.473. The highest BCUT2D eigenvalue weighted by Gasteiger charge is 2.10. The Morgan fingerprint density at radius 3 is 2.61 bits per heavy atom. The zero-order valence-electron chi connectivity index (χ0n) is 12.8. The Morgan fingerprint density at radius 1 is 1.13 bits per heavy atom. The van der Waals surface area contributed by atoms with Gasteiger partial charge in [-0.1, -0.05) is 23.7 Å². The number of hydrogen-bond donors (Lipinski definition) is 1. The number of rotatable bonds is 4. The maximum absolute atomic E-state index is 5.89. The molecule has 2 aromatic carbocycles. The van der Waals surface area contributed by atoms with Gasteiger partial charge in [0.15, 0.2) is 5.82 Å². The molecule has 3 aromatic rings. The van der Waals surface area contributed by atoms with Gasteiger partial charge in [0, 0.05) is 28.7 Å². The van der Waals surface area contributed by atoms with Crippen molar-refractivity contribution in [1.82, 2.24) is 9.36 Å². The lowest BCUT2D eigenvalue weighted by atomic mass is 10.1. The molecule has 0 spiro atoms. The van der Waals surface area contributed by atoms with E-state index in [0.717, 1.165) is 39.0 Å². The van der Waals surface area contributed by atoms with Crippen LogP contribution in [0.1, 0.15) is 22.5 Å². The van der Waals surface area contributed by atoms with Crippen LogP contribution in [0.3, 0.4) is 0 Å². The second-order valence-electron chi connectivity index (χ2n) is 5.36. The van der Waals surface area contributed by atoms with Crippen molar-refractivity contribution in [2.75, 3.05) is 5.73 Å². The Morgan fingerprint density at radius 2 is 1.87 bits per heavy atom. The van der Waals surface area contributed by atoms with Gasteiger partial charge in [-0.2, -0.15) is 9.36 Å². The number of nitrogen functional groups attached to an aromatic ring is 1. The Hall–Kier alpha value is -2.11. The second-order valence-corrected chi connectivity index (χ2v) is 6.51. The normalized spacial score (nSPS) is 10.7. The summed E-state index contributed by atoms with van der Waals surface area (Å²) in [5.41, 5.74) is 9.72. The van der Waals surface area contributed by atoms with Gasteiger partial charge >= 0.3 is 0 Å². The Balaban J connectivity index is 1.74. The van der Waals surface area contributed by atoms with Gasteiger partial charge in [0.05, 0.1) is 0 Å². The molecule has 0 amide bonds. The van der Waals surface area contributed by atoms with E-state index < -0.39 is 0 Å². The van der Waals surface area contributed by atoms with Gasteiger partial charge in [-0.25, -0.2) is 0 Å². The van der Waals surface area contributed by atoms with Crippen molar-refractivity contribution in [2.24, 2.45) is 0 Å². The number of anilines is 1. The molecule has 0 bridgehead atoms. The third-order valence-corrected chi connectivity index (χ3v) is 4.37. The van der Waals surface area contributed by atoms with Crippen molar-refractivity contribution < 1.29 is 4.74 Å². The minimum absolute atomic E-state index is 0.529. The summed E-state index contributed by atoms with van der Waals surface area (Å²) < 4.78 is 10.2. The van der Waals surface area contributed by atoms with Crippen LogP contribution in [-0.4, -0.2) is 9.36 Å². The molecular formula is C17H16ClN3OS. The predicted octanol–water partition coefficient (Wildman–Crippen LogP) is 4.77. The standard InChI is InChI=1S/C17H16ClN3OS/c1-10-8-15(11(2)7-14(10)19)22-17-20-16(21-23-17)9-12-3-5-13(18)6-4-12/h3-8H,9,19H2,1-2H3. The molecule has 0 saturated carbocycles. The molecule has 4 nitrogen and oxygen atoms in total. The molecule has 0 fully saturated rings. The molecule has 23 heavy (non-hydrogen) atoms. The first-order valence-corrected chi connectivity index (χ1v) is 8.28. The summed E-state index contributed by atoms with van der Waals surface area (Å²) in [6, 6.07) is 11.5. The molecule has 0 atom stereocenters. The quantitative estimate of drug-likeness (QED) is 0.691. The lowest BCUT2D eigenvalue weighted by Crippen LogP contribution is -1.94. The zero-order valence-corrected chi connectivity index (χ0v) is 14.4. The maximum atomic E-state index is 5.89. The highest BCUT2D eigenvalue weighted by molar-refractivity contribution is 7.07. The lowest BCUT2D eigenvalue weighted by Gasteiger charge is -2.08. The Kier molecular flexibility index (Phi) is 4.50. The van der Waals surface area contributed by atoms with Gasteiger partial charge in [0.25, 0.3) is 5.19 Å². The first-order chi connectivity index (χ1) is 11.0. The monoisotopic (exact) mass is 345 g/mol. The summed E-state index contributed by atoms with van der Waals surface area (Å²) in [5.74, 6) is 1.49. The van der Waals surface area contributed by atoms with Crippen molar-refractivity contribution in [3.8, 4) is 10.9 Å². The maximum Gasteiger partial charge on any atom is 0.298 e. The van der Waals surface area contributed by atoms with Crippen LogP contribution in [0, 0.1) is 13.8 Å². The number of nitrogens with zero attached hydrogens (tertiary/aromatic N) is 2. The topological polar surface area (TPSA) is 61.0 Å². The van der Waals surface area contributed by atoms with Gasteiger partial charge < -0.3 is 10.5 Å². The van der Waals surface area contributed by atoms with Crippen LogP contribution in [0.2, 0.25) is 5.02 Å². The predicted molar refractivity (Wildman–Crippen MR) is 94.6 cm³/mol.